The van der Waals surface area contributed by atoms with E-state index in [0.29, 0.717) is 25.3 Å². The number of hydrogen-bond donors (Lipinski definition) is 3. The molecule has 1 aliphatic heterocycles. The van der Waals surface area contributed by atoms with Crippen LogP contribution in [-0.4, -0.2) is 57.1 Å². The summed E-state index contributed by atoms with van der Waals surface area (Å²) in [5.41, 5.74) is 0.844. The van der Waals surface area contributed by atoms with Gasteiger partial charge in [0.15, 0.2) is 0 Å². The predicted octanol–water partition coefficient (Wildman–Crippen LogP) is 0.872. The standard InChI is InChI=1S/C15H22N4O4S.ClH/c1-10-9-19(7-6-16-10)15(21)13-8-12(17-11(2)20)4-5-14(13)18-24(3,22)23;/h4-5,8,10,16,18H,6-7,9H2,1-3H3,(H,17,20);1H. The van der Waals surface area contributed by atoms with Crippen LogP contribution < -0.4 is 15.4 Å². The molecule has 0 spiro atoms. The van der Waals surface area contributed by atoms with E-state index in [1.54, 1.807) is 11.0 Å². The third-order valence-electron chi connectivity index (χ3n) is 3.52. The van der Waals surface area contributed by atoms with E-state index in [9.17, 15) is 18.0 Å². The van der Waals surface area contributed by atoms with Crippen LogP contribution >= 0.6 is 12.4 Å². The largest absolute Gasteiger partial charge is 0.336 e. The first-order valence-corrected chi connectivity index (χ1v) is 9.47. The van der Waals surface area contributed by atoms with Gasteiger partial charge < -0.3 is 15.5 Å². The van der Waals surface area contributed by atoms with E-state index in [0.717, 1.165) is 6.26 Å². The highest BCUT2D eigenvalue weighted by Gasteiger charge is 2.24. The van der Waals surface area contributed by atoms with Gasteiger partial charge in [-0.05, 0) is 25.1 Å². The number of amides is 2. The van der Waals surface area contributed by atoms with Gasteiger partial charge in [-0.15, -0.1) is 12.4 Å². The molecule has 10 heteroatoms. The molecule has 25 heavy (non-hydrogen) atoms. The van der Waals surface area contributed by atoms with E-state index in [1.165, 1.54) is 19.1 Å². The van der Waals surface area contributed by atoms with Crippen molar-refractivity contribution in [2.24, 2.45) is 0 Å². The number of nitrogens with one attached hydrogen (secondary N) is 3. The zero-order valence-corrected chi connectivity index (χ0v) is 16.0. The van der Waals surface area contributed by atoms with Crippen molar-refractivity contribution in [3.05, 3.63) is 23.8 Å². The molecule has 3 N–H and O–H groups in total. The molecule has 0 radical (unpaired) electrons. The van der Waals surface area contributed by atoms with Crippen molar-refractivity contribution in [1.29, 1.82) is 0 Å². The van der Waals surface area contributed by atoms with Crippen LogP contribution in [-0.2, 0) is 14.8 Å². The first kappa shape index (κ1) is 21.2. The van der Waals surface area contributed by atoms with Crippen molar-refractivity contribution in [3.8, 4) is 0 Å². The van der Waals surface area contributed by atoms with Gasteiger partial charge in [-0.3, -0.25) is 14.3 Å². The number of sulfonamides is 1. The van der Waals surface area contributed by atoms with Crippen LogP contribution in [0.5, 0.6) is 0 Å². The van der Waals surface area contributed by atoms with Crippen LogP contribution in [0.2, 0.25) is 0 Å². The van der Waals surface area contributed by atoms with Crippen molar-refractivity contribution in [2.45, 2.75) is 19.9 Å². The van der Waals surface area contributed by atoms with Crippen LogP contribution in [0.25, 0.3) is 0 Å². The SMILES string of the molecule is CC(=O)Nc1ccc(NS(C)(=O)=O)c(C(=O)N2CCNC(C)C2)c1.Cl. The number of carbonyl (C=O) groups excluding carboxylic acids is 2. The van der Waals surface area contributed by atoms with Crippen LogP contribution in [0.3, 0.4) is 0 Å². The van der Waals surface area contributed by atoms with Gasteiger partial charge >= 0.3 is 0 Å². The molecule has 0 saturated carbocycles. The van der Waals surface area contributed by atoms with Crippen LogP contribution in [0.1, 0.15) is 24.2 Å². The highest BCUT2D eigenvalue weighted by atomic mass is 35.5. The van der Waals surface area contributed by atoms with E-state index in [1.807, 2.05) is 6.92 Å². The Hall–Kier alpha value is -1.84. The van der Waals surface area contributed by atoms with E-state index < -0.39 is 10.0 Å². The summed E-state index contributed by atoms with van der Waals surface area (Å²) in [4.78, 5) is 25.7. The van der Waals surface area contributed by atoms with Crippen LogP contribution in [0.4, 0.5) is 11.4 Å². The number of benzene rings is 1. The van der Waals surface area contributed by atoms with E-state index in [4.69, 9.17) is 0 Å². The second-order valence-electron chi connectivity index (χ2n) is 5.92. The summed E-state index contributed by atoms with van der Waals surface area (Å²) in [6.07, 6.45) is 1.02. The third kappa shape index (κ3) is 6.18. The van der Waals surface area contributed by atoms with Crippen LogP contribution in [0.15, 0.2) is 18.2 Å². The number of anilines is 2. The molecule has 8 nitrogen and oxygen atoms in total. The summed E-state index contributed by atoms with van der Waals surface area (Å²) < 4.78 is 25.5. The summed E-state index contributed by atoms with van der Waals surface area (Å²) in [6.45, 7) is 5.07. The van der Waals surface area contributed by atoms with Gasteiger partial charge in [-0.1, -0.05) is 0 Å². The van der Waals surface area contributed by atoms with Crippen LogP contribution in [0, 0.1) is 0 Å². The summed E-state index contributed by atoms with van der Waals surface area (Å²) in [7, 11) is -3.53. The van der Waals surface area contributed by atoms with Gasteiger partial charge in [-0.25, -0.2) is 8.42 Å². The lowest BCUT2D eigenvalue weighted by Crippen LogP contribution is -2.51. The normalized spacial score (nSPS) is 17.4. The lowest BCUT2D eigenvalue weighted by atomic mass is 10.1. The number of carbonyl (C=O) groups is 2. The maximum atomic E-state index is 12.8. The highest BCUT2D eigenvalue weighted by Crippen LogP contribution is 2.24. The van der Waals surface area contributed by atoms with E-state index >= 15 is 0 Å². The average Bonchev–Trinajstić information content (AvgIpc) is 2.46. The Kier molecular flexibility index (Phi) is 7.21. The fraction of sp³-hybridized carbons (Fsp3) is 0.467. The lowest BCUT2D eigenvalue weighted by molar-refractivity contribution is -0.114. The Bertz CT molecular complexity index is 754. The van der Waals surface area contributed by atoms with Gasteiger partial charge in [0.05, 0.1) is 17.5 Å². The molecule has 0 aliphatic carbocycles. The Morgan fingerprint density at radius 1 is 1.32 bits per heavy atom. The molecule has 2 rings (SSSR count). The molecule has 1 aliphatic rings. The summed E-state index contributed by atoms with van der Waals surface area (Å²) in [5.74, 6) is -0.547. The average molecular weight is 391 g/mol. The molecule has 1 aromatic rings. The summed E-state index contributed by atoms with van der Waals surface area (Å²) in [6, 6.07) is 4.67. The Labute approximate surface area is 153 Å². The fourth-order valence-electron chi connectivity index (χ4n) is 2.58. The van der Waals surface area contributed by atoms with Crippen molar-refractivity contribution >= 4 is 45.6 Å². The molecule has 1 heterocycles. The molecule has 1 saturated heterocycles. The van der Waals surface area contributed by atoms with Crippen molar-refractivity contribution in [2.75, 3.05) is 35.9 Å². The van der Waals surface area contributed by atoms with Gasteiger partial charge in [0.25, 0.3) is 5.91 Å². The Morgan fingerprint density at radius 2 is 2.00 bits per heavy atom. The van der Waals surface area contributed by atoms with Gasteiger partial charge in [-0.2, -0.15) is 0 Å². The minimum atomic E-state index is -3.53. The molecular weight excluding hydrogens is 368 g/mol. The predicted molar refractivity (Wildman–Crippen MR) is 99.8 cm³/mol. The lowest BCUT2D eigenvalue weighted by Gasteiger charge is -2.32. The highest BCUT2D eigenvalue weighted by molar-refractivity contribution is 7.92. The second kappa shape index (κ2) is 8.50. The minimum Gasteiger partial charge on any atom is -0.336 e. The molecular formula is C15H23ClN4O4S. The van der Waals surface area contributed by atoms with Crippen molar-refractivity contribution in [1.82, 2.24) is 10.2 Å². The summed E-state index contributed by atoms with van der Waals surface area (Å²) >= 11 is 0. The Morgan fingerprint density at radius 3 is 2.56 bits per heavy atom. The van der Waals surface area contributed by atoms with Crippen molar-refractivity contribution < 1.29 is 18.0 Å². The number of rotatable bonds is 4. The monoisotopic (exact) mass is 390 g/mol. The summed E-state index contributed by atoms with van der Waals surface area (Å²) in [5, 5.41) is 5.85. The molecule has 0 aromatic heterocycles. The number of hydrogen-bond acceptors (Lipinski definition) is 5. The number of piperazine rings is 1. The molecule has 0 bridgehead atoms. The number of nitrogens with zero attached hydrogens (tertiary/aromatic N) is 1. The molecule has 1 aromatic carbocycles. The molecule has 1 atom stereocenters. The van der Waals surface area contributed by atoms with Gasteiger partial charge in [0, 0.05) is 38.3 Å². The quantitative estimate of drug-likeness (QED) is 0.707. The number of halogens is 1. The zero-order valence-electron chi connectivity index (χ0n) is 14.3. The first-order chi connectivity index (χ1) is 11.2. The maximum Gasteiger partial charge on any atom is 0.256 e. The second-order valence-corrected chi connectivity index (χ2v) is 7.67. The Balaban J connectivity index is 0.00000312. The molecule has 140 valence electrons. The maximum absolute atomic E-state index is 12.8. The van der Waals surface area contributed by atoms with E-state index in [2.05, 4.69) is 15.4 Å². The van der Waals surface area contributed by atoms with Gasteiger partial charge in [0.1, 0.15) is 0 Å². The molecule has 2 amide bonds. The van der Waals surface area contributed by atoms with E-state index in [-0.39, 0.29) is 41.5 Å². The zero-order chi connectivity index (χ0) is 17.9. The fourth-order valence-corrected chi connectivity index (χ4v) is 3.16. The smallest absolute Gasteiger partial charge is 0.256 e. The molecule has 1 fully saturated rings. The van der Waals surface area contributed by atoms with Gasteiger partial charge in [0.2, 0.25) is 15.9 Å². The minimum absolute atomic E-state index is 0. The first-order valence-electron chi connectivity index (χ1n) is 7.58. The molecule has 1 unspecified atom stereocenters. The third-order valence-corrected chi connectivity index (χ3v) is 4.11. The topological polar surface area (TPSA) is 108 Å². The van der Waals surface area contributed by atoms with Crippen molar-refractivity contribution in [3.63, 3.8) is 0 Å².